The molecule has 2 amide bonds. The molecule has 2 fully saturated rings. The first kappa shape index (κ1) is 25.7. The van der Waals surface area contributed by atoms with Crippen LogP contribution in [0, 0.1) is 11.8 Å². The van der Waals surface area contributed by atoms with Crippen molar-refractivity contribution >= 4 is 29.1 Å². The lowest BCUT2D eigenvalue weighted by Crippen LogP contribution is -2.45. The van der Waals surface area contributed by atoms with Gasteiger partial charge in [-0.15, -0.1) is 0 Å². The molecule has 194 valence electrons. The van der Waals surface area contributed by atoms with Crippen LogP contribution in [0.1, 0.15) is 54.6 Å². The number of aromatic nitrogens is 2. The lowest BCUT2D eigenvalue weighted by molar-refractivity contribution is -0.148. The molecule has 1 saturated carbocycles. The van der Waals surface area contributed by atoms with E-state index in [1.165, 1.54) is 6.20 Å². The molecule has 1 aliphatic heterocycles. The predicted molar refractivity (Wildman–Crippen MR) is 130 cm³/mol. The highest BCUT2D eigenvalue weighted by molar-refractivity contribution is 5.96. The summed E-state index contributed by atoms with van der Waals surface area (Å²) >= 11 is 0. The normalized spacial score (nSPS) is 23.8. The van der Waals surface area contributed by atoms with Crippen LogP contribution in [0.4, 0.5) is 30.5 Å². The minimum absolute atomic E-state index is 0.0311. The summed E-state index contributed by atoms with van der Waals surface area (Å²) in [6.45, 7) is 2.78. The van der Waals surface area contributed by atoms with Crippen LogP contribution in [0.15, 0.2) is 30.5 Å². The fourth-order valence-corrected chi connectivity index (χ4v) is 4.89. The number of piperidine rings is 1. The second kappa shape index (κ2) is 9.94. The molecular formula is C25H31F3N6O2. The monoisotopic (exact) mass is 504 g/mol. The Morgan fingerprint density at radius 3 is 2.50 bits per heavy atom. The van der Waals surface area contributed by atoms with Crippen LogP contribution in [0.25, 0.3) is 0 Å². The molecule has 1 aromatic carbocycles. The molecule has 2 aliphatic rings. The zero-order chi connectivity index (χ0) is 26.2. The number of nitrogens with one attached hydrogen (secondary N) is 1. The van der Waals surface area contributed by atoms with E-state index < -0.39 is 23.9 Å². The van der Waals surface area contributed by atoms with Gasteiger partial charge in [0, 0.05) is 38.8 Å². The Morgan fingerprint density at radius 2 is 1.92 bits per heavy atom. The standard InChI is InChI=1S/C25H31F3N6O2/c1-14-16(11-21(35)33(2)3)5-4-10-34(14)20-13-30-22(23(29)36)24(32-20)31-17-8-6-15(7-9-17)18-12-19(18)25(26,27)28/h6-9,13-14,16,18-19H,4-5,10-12H2,1-3H3,(H2,29,36)(H,31,32)/t14-,16+,18?,19?/m1/s1. The smallest absolute Gasteiger partial charge is 0.364 e. The number of carbonyl (C=O) groups excluding carboxylic acids is 2. The zero-order valence-corrected chi connectivity index (χ0v) is 20.5. The van der Waals surface area contributed by atoms with Gasteiger partial charge in [-0.2, -0.15) is 13.2 Å². The van der Waals surface area contributed by atoms with E-state index in [1.807, 2.05) is 6.92 Å². The maximum Gasteiger partial charge on any atom is 0.392 e. The maximum atomic E-state index is 12.9. The fourth-order valence-electron chi connectivity index (χ4n) is 4.89. The van der Waals surface area contributed by atoms with Gasteiger partial charge in [0.2, 0.25) is 5.91 Å². The van der Waals surface area contributed by atoms with E-state index in [4.69, 9.17) is 5.73 Å². The van der Waals surface area contributed by atoms with Gasteiger partial charge < -0.3 is 20.9 Å². The number of hydrogen-bond acceptors (Lipinski definition) is 6. The summed E-state index contributed by atoms with van der Waals surface area (Å²) < 4.78 is 38.7. The molecule has 4 atom stereocenters. The Balaban J connectivity index is 1.52. The van der Waals surface area contributed by atoms with E-state index in [2.05, 4.69) is 20.2 Å². The number of carbonyl (C=O) groups is 2. The summed E-state index contributed by atoms with van der Waals surface area (Å²) in [7, 11) is 3.48. The lowest BCUT2D eigenvalue weighted by Gasteiger charge is -2.40. The minimum Gasteiger partial charge on any atom is -0.364 e. The second-order valence-corrected chi connectivity index (χ2v) is 9.86. The Kier molecular flexibility index (Phi) is 7.10. The van der Waals surface area contributed by atoms with Gasteiger partial charge >= 0.3 is 6.18 Å². The van der Waals surface area contributed by atoms with Crippen LogP contribution in [0.5, 0.6) is 0 Å². The molecule has 1 aromatic heterocycles. The number of anilines is 3. The highest BCUT2D eigenvalue weighted by Crippen LogP contribution is 2.56. The number of benzene rings is 1. The van der Waals surface area contributed by atoms with Gasteiger partial charge in [-0.05, 0) is 55.7 Å². The van der Waals surface area contributed by atoms with Gasteiger partial charge in [0.25, 0.3) is 5.91 Å². The van der Waals surface area contributed by atoms with Crippen LogP contribution < -0.4 is 16.0 Å². The average molecular weight is 505 g/mol. The van der Waals surface area contributed by atoms with Gasteiger partial charge in [-0.25, -0.2) is 9.97 Å². The van der Waals surface area contributed by atoms with E-state index in [-0.39, 0.29) is 35.8 Å². The Hall–Kier alpha value is -3.37. The molecule has 1 aliphatic carbocycles. The van der Waals surface area contributed by atoms with Gasteiger partial charge in [0.1, 0.15) is 5.82 Å². The van der Waals surface area contributed by atoms with Gasteiger partial charge in [-0.1, -0.05) is 12.1 Å². The summed E-state index contributed by atoms with van der Waals surface area (Å²) in [4.78, 5) is 36.8. The van der Waals surface area contributed by atoms with Gasteiger partial charge in [-0.3, -0.25) is 9.59 Å². The number of halogens is 3. The first-order chi connectivity index (χ1) is 17.0. The Bertz CT molecular complexity index is 1120. The lowest BCUT2D eigenvalue weighted by atomic mass is 9.87. The molecule has 11 heteroatoms. The van der Waals surface area contributed by atoms with E-state index in [0.29, 0.717) is 23.5 Å². The number of alkyl halides is 3. The van der Waals surface area contributed by atoms with Crippen molar-refractivity contribution in [1.82, 2.24) is 14.9 Å². The third-order valence-electron chi connectivity index (χ3n) is 7.18. The van der Waals surface area contributed by atoms with Crippen LogP contribution in [-0.4, -0.2) is 59.5 Å². The molecule has 4 rings (SSSR count). The molecule has 1 saturated heterocycles. The van der Waals surface area contributed by atoms with E-state index in [0.717, 1.165) is 19.4 Å². The summed E-state index contributed by atoms with van der Waals surface area (Å²) in [5, 5.41) is 3.05. The summed E-state index contributed by atoms with van der Waals surface area (Å²) in [5.74, 6) is -1.61. The van der Waals surface area contributed by atoms with E-state index in [9.17, 15) is 22.8 Å². The number of rotatable bonds is 7. The van der Waals surface area contributed by atoms with Crippen molar-refractivity contribution in [1.29, 1.82) is 0 Å². The molecule has 2 aromatic rings. The van der Waals surface area contributed by atoms with Crippen molar-refractivity contribution in [2.45, 2.75) is 50.7 Å². The van der Waals surface area contributed by atoms with Crippen molar-refractivity contribution in [2.24, 2.45) is 17.6 Å². The number of nitrogens with zero attached hydrogens (tertiary/aromatic N) is 4. The number of primary amides is 1. The fraction of sp³-hybridized carbons (Fsp3) is 0.520. The van der Waals surface area contributed by atoms with Crippen molar-refractivity contribution in [2.75, 3.05) is 30.9 Å². The van der Waals surface area contributed by atoms with Gasteiger partial charge in [0.15, 0.2) is 11.5 Å². The molecule has 0 spiro atoms. The topological polar surface area (TPSA) is 104 Å². The molecule has 0 bridgehead atoms. The van der Waals surface area contributed by atoms with E-state index >= 15 is 0 Å². The van der Waals surface area contributed by atoms with Crippen molar-refractivity contribution in [3.8, 4) is 0 Å². The molecule has 0 radical (unpaired) electrons. The van der Waals surface area contributed by atoms with E-state index in [1.54, 1.807) is 43.3 Å². The highest BCUT2D eigenvalue weighted by atomic mass is 19.4. The quantitative estimate of drug-likeness (QED) is 0.589. The van der Waals surface area contributed by atoms with Crippen LogP contribution in [0.2, 0.25) is 0 Å². The molecule has 36 heavy (non-hydrogen) atoms. The van der Waals surface area contributed by atoms with Crippen LogP contribution in [0.3, 0.4) is 0 Å². The van der Waals surface area contributed by atoms with Crippen molar-refractivity contribution in [3.05, 3.63) is 41.7 Å². The Morgan fingerprint density at radius 1 is 1.22 bits per heavy atom. The number of nitrogens with two attached hydrogens (primary N) is 1. The molecule has 3 N–H and O–H groups in total. The maximum absolute atomic E-state index is 12.9. The third kappa shape index (κ3) is 5.55. The predicted octanol–water partition coefficient (Wildman–Crippen LogP) is 4.07. The molecular weight excluding hydrogens is 473 g/mol. The first-order valence-electron chi connectivity index (χ1n) is 12.0. The number of hydrogen-bond donors (Lipinski definition) is 2. The summed E-state index contributed by atoms with van der Waals surface area (Å²) in [6.07, 6.45) is -0.323. The highest BCUT2D eigenvalue weighted by Gasteiger charge is 2.56. The van der Waals surface area contributed by atoms with Gasteiger partial charge in [0.05, 0.1) is 12.1 Å². The second-order valence-electron chi connectivity index (χ2n) is 9.86. The SMILES string of the molecule is C[C@@H]1[C@H](CC(=O)N(C)C)CCCN1c1cnc(C(N)=O)c(Nc2ccc(C3CC3C(F)(F)F)cc2)n1. The largest absolute Gasteiger partial charge is 0.392 e. The van der Waals surface area contributed by atoms with Crippen molar-refractivity contribution < 1.29 is 22.8 Å². The third-order valence-corrected chi connectivity index (χ3v) is 7.18. The number of amides is 2. The van der Waals surface area contributed by atoms with Crippen LogP contribution >= 0.6 is 0 Å². The Labute approximate surface area is 208 Å². The zero-order valence-electron chi connectivity index (χ0n) is 20.5. The summed E-state index contributed by atoms with van der Waals surface area (Å²) in [6, 6.07) is 6.65. The first-order valence-corrected chi connectivity index (χ1v) is 12.0. The molecule has 2 heterocycles. The average Bonchev–Trinajstić information content (AvgIpc) is 3.62. The molecule has 2 unspecified atom stereocenters. The van der Waals surface area contributed by atoms with Crippen molar-refractivity contribution in [3.63, 3.8) is 0 Å². The van der Waals surface area contributed by atoms with Crippen LogP contribution in [-0.2, 0) is 4.79 Å². The minimum atomic E-state index is -4.18. The molecule has 8 nitrogen and oxygen atoms in total. The summed E-state index contributed by atoms with van der Waals surface area (Å²) in [5.41, 5.74) is 6.65.